The first-order chi connectivity index (χ1) is 16.4. The van der Waals surface area contributed by atoms with E-state index in [1.165, 1.54) is 12.8 Å². The van der Waals surface area contributed by atoms with Crippen LogP contribution in [0.4, 0.5) is 0 Å². The Morgan fingerprint density at radius 1 is 0.853 bits per heavy atom. The summed E-state index contributed by atoms with van der Waals surface area (Å²) in [5, 5.41) is 5.10. The molecule has 0 bridgehead atoms. The van der Waals surface area contributed by atoms with Crippen molar-refractivity contribution in [3.8, 4) is 0 Å². The van der Waals surface area contributed by atoms with Gasteiger partial charge in [-0.1, -0.05) is 54.4 Å². The molecule has 0 aliphatic rings. The molecule has 210 valence electrons. The van der Waals surface area contributed by atoms with Gasteiger partial charge in [-0.05, 0) is 5.92 Å². The van der Waals surface area contributed by atoms with E-state index in [4.69, 9.17) is 24.7 Å². The lowest BCUT2D eigenvalue weighted by molar-refractivity contribution is -0.131. The summed E-state index contributed by atoms with van der Waals surface area (Å²) >= 11 is 0. The van der Waals surface area contributed by atoms with E-state index in [1.54, 1.807) is 0 Å². The summed E-state index contributed by atoms with van der Waals surface area (Å²) in [4.78, 5) is 34.2. The molecule has 34 heavy (non-hydrogen) atoms. The lowest BCUT2D eigenvalue weighted by Crippen LogP contribution is -2.50. The summed E-state index contributed by atoms with van der Waals surface area (Å²) in [5.74, 6) is -0.761. The molecule has 0 aromatic carbocycles. The number of nitrogens with two attached hydrogens (primary N) is 1. The molecule has 0 radical (unpaired) electrons. The van der Waals surface area contributed by atoms with Gasteiger partial charge in [0, 0.05) is 17.2 Å². The van der Waals surface area contributed by atoms with Crippen LogP contribution in [-0.2, 0) is 33.3 Å². The van der Waals surface area contributed by atoms with Crippen molar-refractivity contribution in [1.29, 1.82) is 0 Å². The van der Waals surface area contributed by atoms with Gasteiger partial charge in [0.05, 0.1) is 59.4 Å². The number of amides is 2. The Morgan fingerprint density at radius 2 is 1.29 bits per heavy atom. The Balaban J connectivity index is -0.000000242. The monoisotopic (exact) mass is 499 g/mol. The molecule has 0 saturated carbocycles. The fourth-order valence-corrected chi connectivity index (χ4v) is 2.04. The van der Waals surface area contributed by atoms with Gasteiger partial charge < -0.3 is 40.1 Å². The fraction of sp³-hybridized carbons (Fsp3) is 0.875. The molecule has 0 aromatic rings. The van der Waals surface area contributed by atoms with Crippen LogP contribution in [0.5, 0.6) is 0 Å². The van der Waals surface area contributed by atoms with Gasteiger partial charge in [-0.2, -0.15) is 0 Å². The molecule has 1 atom stereocenters. The maximum absolute atomic E-state index is 11.9. The number of rotatable bonds is 20. The minimum Gasteiger partial charge on any atom is -0.379 e. The SMILES string of the molecule is CC.CC(C)[C@H](NC(=O)CCOCCOCCOCCOCCN)C(=O)NCC=O.CCCC.[HH].[HH].[HH]. The number of carbonyl (C=O) groups is 3. The van der Waals surface area contributed by atoms with Crippen molar-refractivity contribution < 1.29 is 37.6 Å². The van der Waals surface area contributed by atoms with Gasteiger partial charge in [-0.25, -0.2) is 0 Å². The summed E-state index contributed by atoms with van der Waals surface area (Å²) in [7, 11) is 0. The van der Waals surface area contributed by atoms with E-state index in [9.17, 15) is 14.4 Å². The molecule has 10 heteroatoms. The summed E-state index contributed by atoms with van der Waals surface area (Å²) in [5.41, 5.74) is 5.29. The van der Waals surface area contributed by atoms with Crippen LogP contribution < -0.4 is 16.4 Å². The van der Waals surface area contributed by atoms with Crippen LogP contribution in [0.15, 0.2) is 0 Å². The van der Waals surface area contributed by atoms with Crippen LogP contribution in [0.1, 0.15) is 65.1 Å². The molecule has 2 amide bonds. The second-order valence-electron chi connectivity index (χ2n) is 7.19. The highest BCUT2D eigenvalue weighted by molar-refractivity contribution is 5.88. The second kappa shape index (κ2) is 31.4. The predicted molar refractivity (Wildman–Crippen MR) is 141 cm³/mol. The van der Waals surface area contributed by atoms with E-state index in [1.807, 2.05) is 27.7 Å². The lowest BCUT2D eigenvalue weighted by atomic mass is 10.0. The van der Waals surface area contributed by atoms with Crippen molar-refractivity contribution in [3.63, 3.8) is 0 Å². The number of aldehydes is 1. The van der Waals surface area contributed by atoms with Gasteiger partial charge in [0.15, 0.2) is 0 Å². The highest BCUT2D eigenvalue weighted by Crippen LogP contribution is 2.02. The molecular formula is C24H57N3O7. The highest BCUT2D eigenvalue weighted by atomic mass is 16.6. The number of unbranched alkanes of at least 4 members (excludes halogenated alkanes) is 1. The van der Waals surface area contributed by atoms with E-state index < -0.39 is 6.04 Å². The zero-order chi connectivity index (χ0) is 26.5. The third-order valence-corrected chi connectivity index (χ3v) is 3.98. The van der Waals surface area contributed by atoms with Gasteiger partial charge in [0.1, 0.15) is 12.3 Å². The van der Waals surface area contributed by atoms with Crippen LogP contribution in [0.25, 0.3) is 0 Å². The molecule has 0 rings (SSSR count). The van der Waals surface area contributed by atoms with E-state index in [2.05, 4.69) is 24.5 Å². The molecule has 0 spiro atoms. The molecule has 10 nitrogen and oxygen atoms in total. The van der Waals surface area contributed by atoms with Crippen molar-refractivity contribution in [2.45, 2.75) is 66.8 Å². The van der Waals surface area contributed by atoms with E-state index in [0.29, 0.717) is 59.1 Å². The van der Waals surface area contributed by atoms with E-state index in [-0.39, 0.29) is 41.6 Å². The smallest absolute Gasteiger partial charge is 0.243 e. The molecule has 0 aromatic heterocycles. The maximum atomic E-state index is 11.9. The largest absolute Gasteiger partial charge is 0.379 e. The summed E-state index contributed by atoms with van der Waals surface area (Å²) in [6.07, 6.45) is 3.37. The Kier molecular flexibility index (Phi) is 34.2. The summed E-state index contributed by atoms with van der Waals surface area (Å²) < 4.78 is 21.1. The average molecular weight is 500 g/mol. The summed E-state index contributed by atoms with van der Waals surface area (Å²) in [6, 6.07) is -0.684. The Bertz CT molecular complexity index is 465. The highest BCUT2D eigenvalue weighted by Gasteiger charge is 2.23. The first kappa shape index (κ1) is 37.0. The van der Waals surface area contributed by atoms with E-state index >= 15 is 0 Å². The number of nitrogens with one attached hydrogen (secondary N) is 2. The summed E-state index contributed by atoms with van der Waals surface area (Å²) in [6.45, 7) is 15.9. The van der Waals surface area contributed by atoms with Crippen LogP contribution >= 0.6 is 0 Å². The van der Waals surface area contributed by atoms with E-state index in [0.717, 1.165) is 0 Å². The number of hydrogen-bond acceptors (Lipinski definition) is 8. The molecule has 0 saturated heterocycles. The quantitative estimate of drug-likeness (QED) is 0.171. The zero-order valence-corrected chi connectivity index (χ0v) is 22.4. The number of carbonyl (C=O) groups excluding carboxylic acids is 3. The molecular weight excluding hydrogens is 442 g/mol. The van der Waals surface area contributed by atoms with Crippen LogP contribution in [0.2, 0.25) is 0 Å². The van der Waals surface area contributed by atoms with Crippen LogP contribution in [0, 0.1) is 5.92 Å². The molecule has 4 N–H and O–H groups in total. The minimum absolute atomic E-state index is 0. The molecule has 0 aliphatic carbocycles. The normalized spacial score (nSPS) is 10.9. The minimum atomic E-state index is -0.684. The molecule has 0 unspecified atom stereocenters. The first-order valence-corrected chi connectivity index (χ1v) is 12.5. The first-order valence-electron chi connectivity index (χ1n) is 12.5. The third-order valence-electron chi connectivity index (χ3n) is 3.98. The zero-order valence-electron chi connectivity index (χ0n) is 22.4. The standard InChI is InChI=1S/C18H35N3O7.C4H10.C2H6.3H2/c1-15(2)17(18(24)20-5-6-22)21-16(23)3-7-25-9-11-27-13-14-28-12-10-26-8-4-19;1-3-4-2;1-2;;;/h6,15,17H,3-5,7-14,19H2,1-2H3,(H,20,24)(H,21,23);3-4H2,1-2H3;1-2H3;3*1H/t17-;;;;;/m0...../s1. The van der Waals surface area contributed by atoms with Crippen LogP contribution in [-0.4, -0.2) is 90.1 Å². The van der Waals surface area contributed by atoms with Crippen molar-refractivity contribution in [2.75, 3.05) is 65.9 Å². The maximum Gasteiger partial charge on any atom is 0.243 e. The third kappa shape index (κ3) is 28.4. The lowest BCUT2D eigenvalue weighted by Gasteiger charge is -2.21. The van der Waals surface area contributed by atoms with Gasteiger partial charge >= 0.3 is 0 Å². The van der Waals surface area contributed by atoms with Crippen molar-refractivity contribution >= 4 is 18.1 Å². The Morgan fingerprint density at radius 3 is 1.68 bits per heavy atom. The molecule has 0 aliphatic heterocycles. The Labute approximate surface area is 211 Å². The van der Waals surface area contributed by atoms with Crippen molar-refractivity contribution in [3.05, 3.63) is 0 Å². The van der Waals surface area contributed by atoms with Gasteiger partial charge in [-0.3, -0.25) is 9.59 Å². The number of hydrogen-bond donors (Lipinski definition) is 3. The van der Waals surface area contributed by atoms with Crippen LogP contribution in [0.3, 0.4) is 0 Å². The average Bonchev–Trinajstić information content (AvgIpc) is 2.85. The van der Waals surface area contributed by atoms with Gasteiger partial charge in [-0.15, -0.1) is 0 Å². The Hall–Kier alpha value is -1.59. The van der Waals surface area contributed by atoms with Gasteiger partial charge in [0.2, 0.25) is 11.8 Å². The van der Waals surface area contributed by atoms with Crippen molar-refractivity contribution in [1.82, 2.24) is 10.6 Å². The number of ether oxygens (including phenoxy) is 4. The topological polar surface area (TPSA) is 138 Å². The van der Waals surface area contributed by atoms with Gasteiger partial charge in [0.25, 0.3) is 0 Å². The molecule has 0 heterocycles. The molecule has 0 fully saturated rings. The second-order valence-corrected chi connectivity index (χ2v) is 7.19. The predicted octanol–water partition coefficient (Wildman–Crippen LogP) is 2.43. The fourth-order valence-electron chi connectivity index (χ4n) is 2.04. The van der Waals surface area contributed by atoms with Crippen molar-refractivity contribution in [2.24, 2.45) is 11.7 Å².